The average molecular weight is 388 g/mol. The van der Waals surface area contributed by atoms with E-state index in [-0.39, 0.29) is 24.8 Å². The first kappa shape index (κ1) is 17.3. The van der Waals surface area contributed by atoms with Crippen molar-refractivity contribution in [1.82, 2.24) is 40.2 Å². The number of nitrogens with one attached hydrogen (secondary N) is 2. The number of rotatable bonds is 8. The molecule has 3 heterocycles. The van der Waals surface area contributed by atoms with Crippen LogP contribution >= 0.6 is 11.5 Å². The summed E-state index contributed by atoms with van der Waals surface area (Å²) in [5, 5.41) is 17.0. The maximum atomic E-state index is 12.1. The predicted molar refractivity (Wildman–Crippen MR) is 91.7 cm³/mol. The van der Waals surface area contributed by atoms with Gasteiger partial charge in [0.05, 0.1) is 42.6 Å². The number of aromatic nitrogens is 6. The summed E-state index contributed by atoms with van der Waals surface area (Å²) in [5.74, 6) is -0.293. The van der Waals surface area contributed by atoms with Gasteiger partial charge >= 0.3 is 0 Å². The highest BCUT2D eigenvalue weighted by atomic mass is 32.1. The summed E-state index contributed by atoms with van der Waals surface area (Å²) in [7, 11) is 0. The van der Waals surface area contributed by atoms with Crippen molar-refractivity contribution in [2.75, 3.05) is 6.54 Å². The molecule has 1 saturated carbocycles. The van der Waals surface area contributed by atoms with Gasteiger partial charge in [-0.3, -0.25) is 9.59 Å². The van der Waals surface area contributed by atoms with E-state index in [0.29, 0.717) is 23.9 Å². The van der Waals surface area contributed by atoms with Crippen LogP contribution in [0.5, 0.6) is 0 Å². The van der Waals surface area contributed by atoms with E-state index in [1.165, 1.54) is 17.9 Å². The van der Waals surface area contributed by atoms with Crippen LogP contribution in [0.2, 0.25) is 0 Å². The molecule has 1 aliphatic rings. The molecule has 0 saturated heterocycles. The second-order valence-electron chi connectivity index (χ2n) is 6.09. The summed E-state index contributed by atoms with van der Waals surface area (Å²) < 4.78 is 10.6. The van der Waals surface area contributed by atoms with E-state index in [1.807, 2.05) is 0 Å². The summed E-state index contributed by atoms with van der Waals surface area (Å²) >= 11 is 1.29. The molecule has 140 valence electrons. The summed E-state index contributed by atoms with van der Waals surface area (Å²) in [6, 6.07) is 0. The summed E-state index contributed by atoms with van der Waals surface area (Å²) in [4.78, 5) is 29.1. The van der Waals surface area contributed by atoms with Crippen LogP contribution in [0.15, 0.2) is 23.2 Å². The van der Waals surface area contributed by atoms with Crippen molar-refractivity contribution in [3.8, 4) is 0 Å². The van der Waals surface area contributed by atoms with Crippen LogP contribution in [0.1, 0.15) is 45.6 Å². The molecule has 2 amide bonds. The molecule has 0 unspecified atom stereocenters. The number of carbonyl (C=O) groups is 2. The smallest absolute Gasteiger partial charge is 0.289 e. The average Bonchev–Trinajstić information content (AvgIpc) is 3.09. The first-order valence-electron chi connectivity index (χ1n) is 8.32. The molecule has 2 N–H and O–H groups in total. The Morgan fingerprint density at radius 2 is 2.22 bits per heavy atom. The van der Waals surface area contributed by atoms with Crippen LogP contribution in [0.25, 0.3) is 0 Å². The molecule has 1 fully saturated rings. The Balaban J connectivity index is 1.22. The standard InChI is InChI=1S/C15H16N8O3S/c24-12(5-17-15(25)14-13(9-1-2-9)18-8-26-14)16-3-10-6-23(21-20-10)7-11-4-19-22-27-11/h4,6,8-9H,1-3,5,7H2,(H,16,24)(H,17,25). The van der Waals surface area contributed by atoms with E-state index in [2.05, 4.69) is 35.5 Å². The lowest BCUT2D eigenvalue weighted by molar-refractivity contribution is -0.120. The Hall–Kier alpha value is -3.15. The van der Waals surface area contributed by atoms with E-state index < -0.39 is 5.91 Å². The lowest BCUT2D eigenvalue weighted by Crippen LogP contribution is -2.36. The molecule has 0 aromatic carbocycles. The van der Waals surface area contributed by atoms with Crippen LogP contribution in [0, 0.1) is 0 Å². The summed E-state index contributed by atoms with van der Waals surface area (Å²) in [5.41, 5.74) is 1.28. The van der Waals surface area contributed by atoms with Crippen LogP contribution in [0.3, 0.4) is 0 Å². The predicted octanol–water partition coefficient (Wildman–Crippen LogP) is 0.0895. The molecule has 0 aliphatic heterocycles. The molecule has 27 heavy (non-hydrogen) atoms. The molecular weight excluding hydrogens is 372 g/mol. The van der Waals surface area contributed by atoms with Gasteiger partial charge in [0.15, 0.2) is 6.39 Å². The van der Waals surface area contributed by atoms with Crippen molar-refractivity contribution in [2.24, 2.45) is 0 Å². The molecule has 3 aromatic heterocycles. The normalized spacial score (nSPS) is 13.5. The van der Waals surface area contributed by atoms with Gasteiger partial charge in [0.1, 0.15) is 5.69 Å². The monoisotopic (exact) mass is 388 g/mol. The third kappa shape index (κ3) is 4.34. The topological polar surface area (TPSA) is 141 Å². The fourth-order valence-electron chi connectivity index (χ4n) is 2.48. The van der Waals surface area contributed by atoms with E-state index in [0.717, 1.165) is 17.7 Å². The van der Waals surface area contributed by atoms with Gasteiger partial charge < -0.3 is 15.1 Å². The third-order valence-corrected chi connectivity index (χ3v) is 4.60. The zero-order valence-electron chi connectivity index (χ0n) is 14.2. The van der Waals surface area contributed by atoms with Gasteiger partial charge in [0.25, 0.3) is 5.91 Å². The van der Waals surface area contributed by atoms with Gasteiger partial charge in [-0.25, -0.2) is 9.67 Å². The van der Waals surface area contributed by atoms with Gasteiger partial charge in [-0.15, -0.1) is 10.2 Å². The quantitative estimate of drug-likeness (QED) is 0.553. The van der Waals surface area contributed by atoms with Crippen LogP contribution in [-0.4, -0.2) is 47.9 Å². The largest absolute Gasteiger partial charge is 0.438 e. The van der Waals surface area contributed by atoms with Crippen molar-refractivity contribution in [3.05, 3.63) is 40.8 Å². The molecule has 4 rings (SSSR count). The number of hydrogen-bond acceptors (Lipinski definition) is 9. The van der Waals surface area contributed by atoms with Gasteiger partial charge in [0, 0.05) is 5.92 Å². The number of oxazole rings is 1. The zero-order valence-corrected chi connectivity index (χ0v) is 15.0. The van der Waals surface area contributed by atoms with Crippen molar-refractivity contribution >= 4 is 23.3 Å². The van der Waals surface area contributed by atoms with Crippen LogP contribution in [0.4, 0.5) is 0 Å². The van der Waals surface area contributed by atoms with Crippen molar-refractivity contribution in [2.45, 2.75) is 31.8 Å². The van der Waals surface area contributed by atoms with Crippen LogP contribution in [-0.2, 0) is 17.9 Å². The van der Waals surface area contributed by atoms with E-state index in [4.69, 9.17) is 4.42 Å². The third-order valence-electron chi connectivity index (χ3n) is 3.95. The fraction of sp³-hybridized carbons (Fsp3) is 0.400. The van der Waals surface area contributed by atoms with Crippen molar-refractivity contribution in [1.29, 1.82) is 0 Å². The molecular formula is C15H16N8O3S. The minimum absolute atomic E-state index is 0.162. The molecule has 1 aliphatic carbocycles. The van der Waals surface area contributed by atoms with Crippen molar-refractivity contribution in [3.63, 3.8) is 0 Å². The molecule has 3 aromatic rings. The highest BCUT2D eigenvalue weighted by Gasteiger charge is 2.32. The number of amides is 2. The molecule has 0 radical (unpaired) electrons. The molecule has 0 atom stereocenters. The Morgan fingerprint density at radius 1 is 1.33 bits per heavy atom. The van der Waals surface area contributed by atoms with Gasteiger partial charge in [-0.1, -0.05) is 9.70 Å². The van der Waals surface area contributed by atoms with Gasteiger partial charge in [-0.2, -0.15) is 0 Å². The SMILES string of the molecule is O=C(CNC(=O)c1ocnc1C1CC1)NCc1cn(Cc2cnns2)nn1. The Morgan fingerprint density at radius 3 is 3.00 bits per heavy atom. The van der Waals surface area contributed by atoms with E-state index in [9.17, 15) is 9.59 Å². The Kier molecular flexibility index (Phi) is 4.87. The first-order chi connectivity index (χ1) is 13.2. The van der Waals surface area contributed by atoms with E-state index >= 15 is 0 Å². The lowest BCUT2D eigenvalue weighted by atomic mass is 10.2. The molecule has 12 heteroatoms. The fourth-order valence-corrected chi connectivity index (χ4v) is 2.96. The number of carbonyl (C=O) groups excluding carboxylic acids is 2. The molecule has 0 spiro atoms. The maximum absolute atomic E-state index is 12.1. The summed E-state index contributed by atoms with van der Waals surface area (Å²) in [6.07, 6.45) is 6.67. The maximum Gasteiger partial charge on any atom is 0.289 e. The Labute approximate surface area is 157 Å². The highest BCUT2D eigenvalue weighted by molar-refractivity contribution is 7.05. The minimum Gasteiger partial charge on any atom is -0.438 e. The Bertz CT molecular complexity index is 931. The van der Waals surface area contributed by atoms with E-state index in [1.54, 1.807) is 17.1 Å². The van der Waals surface area contributed by atoms with Gasteiger partial charge in [-0.05, 0) is 24.4 Å². The summed E-state index contributed by atoms with van der Waals surface area (Å²) in [6.45, 7) is 0.574. The van der Waals surface area contributed by atoms with Crippen molar-refractivity contribution < 1.29 is 14.0 Å². The van der Waals surface area contributed by atoms with Gasteiger partial charge in [0.2, 0.25) is 11.7 Å². The van der Waals surface area contributed by atoms with Crippen LogP contribution < -0.4 is 10.6 Å². The highest BCUT2D eigenvalue weighted by Crippen LogP contribution is 2.40. The molecule has 11 nitrogen and oxygen atoms in total. The minimum atomic E-state index is -0.436. The number of nitrogens with zero attached hydrogens (tertiary/aromatic N) is 6. The second kappa shape index (κ2) is 7.61. The first-order valence-corrected chi connectivity index (χ1v) is 9.10. The second-order valence-corrected chi connectivity index (χ2v) is 6.96. The lowest BCUT2D eigenvalue weighted by Gasteiger charge is -2.05. The number of hydrogen-bond donors (Lipinski definition) is 2. The zero-order chi connectivity index (χ0) is 18.6. The molecule has 0 bridgehead atoms.